The quantitative estimate of drug-likeness (QED) is 0.793. The van der Waals surface area contributed by atoms with E-state index in [2.05, 4.69) is 0 Å². The second-order valence-corrected chi connectivity index (χ2v) is 4.76. The van der Waals surface area contributed by atoms with Gasteiger partial charge in [-0.25, -0.2) is 0 Å². The molecule has 0 saturated carbocycles. The largest absolute Gasteiger partial charge is 0.481 e. The van der Waals surface area contributed by atoms with E-state index in [1.54, 1.807) is 0 Å². The van der Waals surface area contributed by atoms with Crippen molar-refractivity contribution in [2.75, 3.05) is 0 Å². The zero-order valence-corrected chi connectivity index (χ0v) is 15.2. The van der Waals surface area contributed by atoms with Crippen LogP contribution in [-0.2, 0) is 22.4 Å². The van der Waals surface area contributed by atoms with Gasteiger partial charge in [0, 0.05) is 50.6 Å². The van der Waals surface area contributed by atoms with Crippen LogP contribution in [0.15, 0.2) is 60.7 Å². The van der Waals surface area contributed by atoms with Gasteiger partial charge in [0.1, 0.15) is 0 Å². The minimum Gasteiger partial charge on any atom is -0.481 e. The maximum atomic E-state index is 10.2. The summed E-state index contributed by atoms with van der Waals surface area (Å²) >= 11 is 0. The monoisotopic (exact) mass is 340 g/mol. The number of rotatable bonds is 6. The van der Waals surface area contributed by atoms with Crippen LogP contribution in [-0.4, -0.2) is 59.9 Å². The molecular weight excluding hydrogens is 320 g/mol. The SMILES string of the molecule is O=C(O)CCc1ccccc1.O=C(O)CCc1ccccc1.[Ca]. The summed E-state index contributed by atoms with van der Waals surface area (Å²) < 4.78 is 0. The average Bonchev–Trinajstić information content (AvgIpc) is 2.53. The van der Waals surface area contributed by atoms with Gasteiger partial charge in [0.25, 0.3) is 0 Å². The van der Waals surface area contributed by atoms with Crippen molar-refractivity contribution in [2.24, 2.45) is 0 Å². The third-order valence-corrected chi connectivity index (χ3v) is 2.94. The van der Waals surface area contributed by atoms with Gasteiger partial charge in [0.2, 0.25) is 0 Å². The van der Waals surface area contributed by atoms with Crippen molar-refractivity contribution in [1.29, 1.82) is 0 Å². The Morgan fingerprint density at radius 3 is 1.22 bits per heavy atom. The fraction of sp³-hybridized carbons (Fsp3) is 0.222. The molecule has 0 bridgehead atoms. The van der Waals surface area contributed by atoms with E-state index in [0.29, 0.717) is 12.8 Å². The van der Waals surface area contributed by atoms with Gasteiger partial charge >= 0.3 is 11.9 Å². The summed E-state index contributed by atoms with van der Waals surface area (Å²) in [6.45, 7) is 0. The predicted octanol–water partition coefficient (Wildman–Crippen LogP) is 3.03. The normalized spacial score (nSPS) is 9.04. The van der Waals surface area contributed by atoms with E-state index >= 15 is 0 Å². The van der Waals surface area contributed by atoms with Crippen molar-refractivity contribution < 1.29 is 19.8 Å². The zero-order valence-electron chi connectivity index (χ0n) is 13.0. The van der Waals surface area contributed by atoms with Crippen LogP contribution in [0.25, 0.3) is 0 Å². The molecule has 2 aromatic rings. The number of carboxylic acid groups (broad SMARTS) is 2. The predicted molar refractivity (Wildman–Crippen MR) is 90.6 cm³/mol. The van der Waals surface area contributed by atoms with Crippen molar-refractivity contribution >= 4 is 49.7 Å². The molecule has 0 fully saturated rings. The molecule has 0 unspecified atom stereocenters. The van der Waals surface area contributed by atoms with Crippen LogP contribution >= 0.6 is 0 Å². The Labute approximate surface area is 166 Å². The molecule has 0 aliphatic rings. The van der Waals surface area contributed by atoms with Gasteiger partial charge in [-0.3, -0.25) is 9.59 Å². The van der Waals surface area contributed by atoms with Crippen molar-refractivity contribution in [1.82, 2.24) is 0 Å². The van der Waals surface area contributed by atoms with E-state index in [-0.39, 0.29) is 50.6 Å². The number of hydrogen-bond donors (Lipinski definition) is 2. The fourth-order valence-corrected chi connectivity index (χ4v) is 1.79. The standard InChI is InChI=1S/2C9H10O2.Ca/c2*10-9(11)7-6-8-4-2-1-3-5-8;/h2*1-5H,6-7H2,(H,10,11);. The van der Waals surface area contributed by atoms with Crippen molar-refractivity contribution in [2.45, 2.75) is 25.7 Å². The van der Waals surface area contributed by atoms with Crippen molar-refractivity contribution in [3.05, 3.63) is 71.8 Å². The number of carbonyl (C=O) groups is 2. The van der Waals surface area contributed by atoms with Crippen LogP contribution in [0.5, 0.6) is 0 Å². The molecule has 0 atom stereocenters. The number of benzene rings is 2. The number of carboxylic acids is 2. The number of hydrogen-bond acceptors (Lipinski definition) is 2. The Balaban J connectivity index is 0.000000403. The van der Waals surface area contributed by atoms with E-state index in [9.17, 15) is 9.59 Å². The molecule has 5 heteroatoms. The molecule has 2 N–H and O–H groups in total. The van der Waals surface area contributed by atoms with Crippen molar-refractivity contribution in [3.8, 4) is 0 Å². The third-order valence-electron chi connectivity index (χ3n) is 2.94. The Kier molecular flexibility index (Phi) is 12.3. The molecule has 2 radical (unpaired) electrons. The van der Waals surface area contributed by atoms with Crippen LogP contribution in [0.3, 0.4) is 0 Å². The molecular formula is C18H20CaO4. The second-order valence-electron chi connectivity index (χ2n) is 4.76. The van der Waals surface area contributed by atoms with Gasteiger partial charge in [0.05, 0.1) is 0 Å². The summed E-state index contributed by atoms with van der Waals surface area (Å²) in [5.74, 6) is -1.48. The first kappa shape index (κ1) is 21.6. The third kappa shape index (κ3) is 11.8. The van der Waals surface area contributed by atoms with Gasteiger partial charge < -0.3 is 10.2 Å². The first-order valence-electron chi connectivity index (χ1n) is 7.09. The van der Waals surface area contributed by atoms with Gasteiger partial charge in [-0.2, -0.15) is 0 Å². The van der Waals surface area contributed by atoms with E-state index in [0.717, 1.165) is 11.1 Å². The van der Waals surface area contributed by atoms with Crippen molar-refractivity contribution in [3.63, 3.8) is 0 Å². The minimum atomic E-state index is -0.742. The van der Waals surface area contributed by atoms with E-state index in [4.69, 9.17) is 10.2 Å². The van der Waals surface area contributed by atoms with Crippen LogP contribution in [0, 0.1) is 0 Å². The molecule has 2 rings (SSSR count). The van der Waals surface area contributed by atoms with Crippen LogP contribution < -0.4 is 0 Å². The molecule has 0 heterocycles. The maximum absolute atomic E-state index is 10.2. The molecule has 4 nitrogen and oxygen atoms in total. The Hall–Kier alpha value is -1.36. The Bertz CT molecular complexity index is 517. The molecule has 0 aromatic heterocycles. The first-order chi connectivity index (χ1) is 10.6. The second kappa shape index (κ2) is 13.1. The number of aliphatic carboxylic acids is 2. The molecule has 2 aromatic carbocycles. The summed E-state index contributed by atoms with van der Waals surface area (Å²) in [7, 11) is 0. The van der Waals surface area contributed by atoms with E-state index in [1.807, 2.05) is 60.7 Å². The Morgan fingerprint density at radius 2 is 0.957 bits per heavy atom. The molecule has 0 spiro atoms. The first-order valence-corrected chi connectivity index (χ1v) is 7.09. The molecule has 118 valence electrons. The molecule has 0 saturated heterocycles. The zero-order chi connectivity index (χ0) is 16.2. The average molecular weight is 340 g/mol. The summed E-state index contributed by atoms with van der Waals surface area (Å²) in [6.07, 6.45) is 1.67. The minimum absolute atomic E-state index is 0. The van der Waals surface area contributed by atoms with Crippen LogP contribution in [0.1, 0.15) is 24.0 Å². The molecule has 0 aliphatic heterocycles. The van der Waals surface area contributed by atoms with Gasteiger partial charge in [-0.1, -0.05) is 60.7 Å². The summed E-state index contributed by atoms with van der Waals surface area (Å²) in [5, 5.41) is 16.7. The molecule has 0 amide bonds. The van der Waals surface area contributed by atoms with Crippen LogP contribution in [0.2, 0.25) is 0 Å². The summed E-state index contributed by atoms with van der Waals surface area (Å²) in [4.78, 5) is 20.3. The molecule has 23 heavy (non-hydrogen) atoms. The van der Waals surface area contributed by atoms with Crippen LogP contribution in [0.4, 0.5) is 0 Å². The molecule has 0 aliphatic carbocycles. The maximum Gasteiger partial charge on any atom is 0.303 e. The fourth-order valence-electron chi connectivity index (χ4n) is 1.79. The van der Waals surface area contributed by atoms with Gasteiger partial charge in [-0.05, 0) is 24.0 Å². The van der Waals surface area contributed by atoms with Gasteiger partial charge in [0.15, 0.2) is 0 Å². The van der Waals surface area contributed by atoms with Gasteiger partial charge in [-0.15, -0.1) is 0 Å². The summed E-state index contributed by atoms with van der Waals surface area (Å²) in [6, 6.07) is 19.2. The summed E-state index contributed by atoms with van der Waals surface area (Å²) in [5.41, 5.74) is 2.16. The topological polar surface area (TPSA) is 74.6 Å². The van der Waals surface area contributed by atoms with E-state index < -0.39 is 11.9 Å². The van der Waals surface area contributed by atoms with E-state index in [1.165, 1.54) is 0 Å². The Morgan fingerprint density at radius 1 is 0.652 bits per heavy atom. The number of aryl methyl sites for hydroxylation is 2. The smallest absolute Gasteiger partial charge is 0.303 e.